The standard InChI is InChI=1S/C20H13ClF6N2OSi/c21-12-6-10-14(7-11(12)20(25,26)27)28-4-3-19(23,24)8-15-17(28)29(15,18(10)30)9-1-2-13(22)16(31)5-9/h1-2,5-7,15,17H,3-4,8H2. The van der Waals surface area contributed by atoms with Crippen molar-refractivity contribution in [1.82, 2.24) is 4.48 Å². The Labute approximate surface area is 181 Å². The van der Waals surface area contributed by atoms with E-state index < -0.39 is 63.9 Å². The molecule has 11 heteroatoms. The molecule has 5 rings (SSSR count). The van der Waals surface area contributed by atoms with E-state index in [4.69, 9.17) is 11.6 Å². The van der Waals surface area contributed by atoms with Crippen LogP contribution in [0.3, 0.4) is 0 Å². The van der Waals surface area contributed by atoms with E-state index in [-0.39, 0.29) is 28.7 Å². The molecule has 0 bridgehead atoms. The van der Waals surface area contributed by atoms with Crippen LogP contribution in [-0.4, -0.2) is 40.8 Å². The number of hydrogen-bond acceptors (Lipinski definition) is 2. The highest BCUT2D eigenvalue weighted by Crippen LogP contribution is 2.59. The predicted octanol–water partition coefficient (Wildman–Crippen LogP) is 4.40. The predicted molar refractivity (Wildman–Crippen MR) is 103 cm³/mol. The maximum atomic E-state index is 14.5. The van der Waals surface area contributed by atoms with Crippen LogP contribution in [0.5, 0.6) is 0 Å². The van der Waals surface area contributed by atoms with Crippen LogP contribution in [0.2, 0.25) is 5.02 Å². The topological polar surface area (TPSA) is 20.3 Å². The van der Waals surface area contributed by atoms with Gasteiger partial charge in [0.1, 0.15) is 11.3 Å². The second-order valence-electron chi connectivity index (χ2n) is 8.08. The second-order valence-corrected chi connectivity index (χ2v) is 9.02. The lowest BCUT2D eigenvalue weighted by atomic mass is 10.0. The number of anilines is 1. The summed E-state index contributed by atoms with van der Waals surface area (Å²) in [4.78, 5) is 15.1. The highest BCUT2D eigenvalue weighted by Gasteiger charge is 2.79. The van der Waals surface area contributed by atoms with Gasteiger partial charge in [0.05, 0.1) is 28.5 Å². The lowest BCUT2D eigenvalue weighted by molar-refractivity contribution is -0.137. The van der Waals surface area contributed by atoms with Crippen LogP contribution in [0, 0.1) is 5.82 Å². The molecule has 31 heavy (non-hydrogen) atoms. The lowest BCUT2D eigenvalue weighted by Crippen LogP contribution is -2.50. The monoisotopic (exact) mass is 474 g/mol. The van der Waals surface area contributed by atoms with Crippen molar-refractivity contribution < 1.29 is 31.1 Å². The molecule has 1 amide bonds. The van der Waals surface area contributed by atoms with Crippen molar-refractivity contribution in [2.75, 3.05) is 11.4 Å². The zero-order chi connectivity index (χ0) is 22.5. The van der Waals surface area contributed by atoms with Gasteiger partial charge < -0.3 is 15.1 Å². The molecule has 3 atom stereocenters. The first-order valence-corrected chi connectivity index (χ1v) is 10.3. The van der Waals surface area contributed by atoms with Crippen molar-refractivity contribution in [3.8, 4) is 0 Å². The van der Waals surface area contributed by atoms with Crippen molar-refractivity contribution in [2.24, 2.45) is 0 Å². The van der Waals surface area contributed by atoms with E-state index in [1.54, 1.807) is 0 Å². The minimum absolute atomic E-state index is 0.0498. The Bertz CT molecular complexity index is 1140. The van der Waals surface area contributed by atoms with E-state index >= 15 is 0 Å². The normalized spacial score (nSPS) is 28.6. The molecule has 0 saturated carbocycles. The highest BCUT2D eigenvalue weighted by atomic mass is 35.5. The second kappa shape index (κ2) is 6.26. The molecule has 2 saturated heterocycles. The van der Waals surface area contributed by atoms with Crippen LogP contribution in [0.15, 0.2) is 30.3 Å². The number of alkyl halides is 5. The molecule has 2 fully saturated rings. The number of hydrogen-bond donors (Lipinski definition) is 0. The maximum Gasteiger partial charge on any atom is 0.417 e. The van der Waals surface area contributed by atoms with Crippen LogP contribution in [0.4, 0.5) is 37.7 Å². The van der Waals surface area contributed by atoms with Gasteiger partial charge in [-0.2, -0.15) is 17.7 Å². The van der Waals surface area contributed by atoms with Gasteiger partial charge in [0.2, 0.25) is 6.17 Å². The Morgan fingerprint density at radius 1 is 1.19 bits per heavy atom. The number of amides is 1. The van der Waals surface area contributed by atoms with Crippen LogP contribution in [-0.2, 0) is 6.18 Å². The van der Waals surface area contributed by atoms with Crippen molar-refractivity contribution >= 4 is 44.3 Å². The fourth-order valence-corrected chi connectivity index (χ4v) is 5.51. The van der Waals surface area contributed by atoms with Gasteiger partial charge >= 0.3 is 12.1 Å². The summed E-state index contributed by atoms with van der Waals surface area (Å²) in [7, 11) is 3.11. The van der Waals surface area contributed by atoms with E-state index in [9.17, 15) is 31.1 Å². The molecular weight excluding hydrogens is 462 g/mol. The first-order valence-electron chi connectivity index (χ1n) is 9.38. The van der Waals surface area contributed by atoms with Gasteiger partial charge in [-0.3, -0.25) is 0 Å². The highest BCUT2D eigenvalue weighted by molar-refractivity contribution is 6.33. The number of carbonyl (C=O) groups excluding carboxylic acids is 1. The Hall–Kier alpha value is -2.04. The molecule has 0 aromatic heterocycles. The van der Waals surface area contributed by atoms with Crippen molar-refractivity contribution in [3.63, 3.8) is 0 Å². The average molecular weight is 475 g/mol. The summed E-state index contributed by atoms with van der Waals surface area (Å²) in [5, 5.41) is -0.592. The third kappa shape index (κ3) is 2.80. The van der Waals surface area contributed by atoms with Gasteiger partial charge in [-0.25, -0.2) is 23.2 Å². The number of nitrogens with zero attached hydrogens (tertiary/aromatic N) is 2. The number of fused-ring (bicyclic) bond motifs is 3. The summed E-state index contributed by atoms with van der Waals surface area (Å²) in [6.45, 7) is -0.227. The van der Waals surface area contributed by atoms with Gasteiger partial charge in [-0.15, -0.1) is 0 Å². The van der Waals surface area contributed by atoms with Crippen molar-refractivity contribution in [1.29, 1.82) is 0 Å². The largest absolute Gasteiger partial charge is 0.648 e. The molecule has 2 aromatic rings. The van der Waals surface area contributed by atoms with Crippen LogP contribution < -0.4 is 14.6 Å². The molecule has 3 unspecified atom stereocenters. The zero-order valence-electron chi connectivity index (χ0n) is 15.6. The summed E-state index contributed by atoms with van der Waals surface area (Å²) >= 11 is 5.86. The molecule has 3 nitrogen and oxygen atoms in total. The van der Waals surface area contributed by atoms with Gasteiger partial charge in [0.15, 0.2) is 6.04 Å². The molecule has 3 aliphatic rings. The SMILES string of the molecule is O=C1c2cc(Cl)c(C(F)(F)F)cc2N2CCC(F)(F)CC3C2[N+]13c1ccc(F)c([Si-])c1. The number of halogens is 7. The zero-order valence-corrected chi connectivity index (χ0v) is 17.4. The molecule has 0 spiro atoms. The molecule has 162 valence electrons. The third-order valence-corrected chi connectivity index (χ3v) is 7.08. The lowest BCUT2D eigenvalue weighted by Gasteiger charge is -2.35. The first kappa shape index (κ1) is 20.8. The van der Waals surface area contributed by atoms with Gasteiger partial charge in [0, 0.05) is 19.0 Å². The van der Waals surface area contributed by atoms with E-state index in [2.05, 4.69) is 10.2 Å². The van der Waals surface area contributed by atoms with Gasteiger partial charge in [-0.1, -0.05) is 11.6 Å². The fourth-order valence-electron chi connectivity index (χ4n) is 5.01. The number of carbonyl (C=O) groups is 1. The summed E-state index contributed by atoms with van der Waals surface area (Å²) < 4.78 is 82.5. The van der Waals surface area contributed by atoms with Crippen LogP contribution in [0.1, 0.15) is 28.8 Å². The molecule has 0 N–H and O–H groups in total. The molecule has 2 radical (unpaired) electrons. The molecule has 3 aliphatic heterocycles. The van der Waals surface area contributed by atoms with Crippen LogP contribution >= 0.6 is 11.6 Å². The number of benzene rings is 2. The van der Waals surface area contributed by atoms with E-state index in [0.29, 0.717) is 0 Å². The minimum Gasteiger partial charge on any atom is -0.648 e. The Morgan fingerprint density at radius 3 is 2.55 bits per heavy atom. The molecule has 0 aliphatic carbocycles. The maximum absolute atomic E-state index is 14.5. The van der Waals surface area contributed by atoms with Gasteiger partial charge in [-0.05, 0) is 24.3 Å². The first-order chi connectivity index (χ1) is 14.4. The average Bonchev–Trinajstić information content (AvgIpc) is 3.33. The third-order valence-electron chi connectivity index (χ3n) is 6.38. The Balaban J connectivity index is 1.75. The number of quaternary nitrogens is 1. The Morgan fingerprint density at radius 2 is 1.90 bits per heavy atom. The van der Waals surface area contributed by atoms with E-state index in [1.807, 2.05) is 0 Å². The summed E-state index contributed by atoms with van der Waals surface area (Å²) in [6.07, 6.45) is -6.72. The number of rotatable bonds is 1. The Kier molecular flexibility index (Phi) is 4.21. The fraction of sp³-hybridized carbons (Fsp3) is 0.350. The quantitative estimate of drug-likeness (QED) is 0.264. The van der Waals surface area contributed by atoms with Crippen molar-refractivity contribution in [3.05, 3.63) is 52.3 Å². The smallest absolute Gasteiger partial charge is 0.417 e. The van der Waals surface area contributed by atoms with Crippen molar-refractivity contribution in [2.45, 2.75) is 37.1 Å². The minimum atomic E-state index is -4.76. The van der Waals surface area contributed by atoms with Crippen LogP contribution in [0.25, 0.3) is 0 Å². The van der Waals surface area contributed by atoms with E-state index in [1.165, 1.54) is 17.0 Å². The van der Waals surface area contributed by atoms with Gasteiger partial charge in [0.25, 0.3) is 5.92 Å². The van der Waals surface area contributed by atoms with E-state index in [0.717, 1.165) is 18.2 Å². The molecule has 3 heterocycles. The summed E-state index contributed by atoms with van der Waals surface area (Å²) in [5.74, 6) is -4.32. The summed E-state index contributed by atoms with van der Waals surface area (Å²) in [6, 6.07) is 4.65. The summed E-state index contributed by atoms with van der Waals surface area (Å²) in [5.41, 5.74) is -0.961. The molecular formula is C20H13ClF6N2OSi. The molecule has 2 aromatic carbocycles.